The van der Waals surface area contributed by atoms with Crippen molar-refractivity contribution in [1.29, 1.82) is 0 Å². The minimum Gasteiger partial charge on any atom is -0.383 e. The maximum Gasteiger partial charge on any atom is 0.249 e. The highest BCUT2D eigenvalue weighted by molar-refractivity contribution is 5.82. The molecule has 0 aliphatic carbocycles. The first kappa shape index (κ1) is 19.0. The number of nitrogens with one attached hydrogen (secondary N) is 1. The van der Waals surface area contributed by atoms with Gasteiger partial charge in [-0.25, -0.2) is 0 Å². The molecule has 1 amide bonds. The highest BCUT2D eigenvalue weighted by atomic mass is 16.3. The van der Waals surface area contributed by atoms with Crippen LogP contribution in [0.1, 0.15) is 41.0 Å². The molecule has 0 saturated carbocycles. The van der Waals surface area contributed by atoms with E-state index in [9.17, 15) is 19.6 Å². The van der Waals surface area contributed by atoms with Crippen molar-refractivity contribution in [3.63, 3.8) is 0 Å². The van der Waals surface area contributed by atoms with Gasteiger partial charge < -0.3 is 10.4 Å². The first-order chi connectivity index (χ1) is 8.31. The summed E-state index contributed by atoms with van der Waals surface area (Å²) in [5.41, 5.74) is -0.901. The highest BCUT2D eigenvalue weighted by Gasteiger charge is 2.33. The van der Waals surface area contributed by atoms with Gasteiger partial charge in [-0.1, -0.05) is 32.9 Å². The topological polar surface area (TPSA) is 95.8 Å². The summed E-state index contributed by atoms with van der Waals surface area (Å²) < 4.78 is 0. The first-order valence-electron chi connectivity index (χ1n) is 6.05. The number of carbonyl (C=O) groups is 2. The largest absolute Gasteiger partial charge is 0.383 e. The molecule has 0 spiro atoms. The lowest BCUT2D eigenvalue weighted by atomic mass is 9.86. The van der Waals surface area contributed by atoms with Crippen LogP contribution in [-0.2, 0) is 9.59 Å². The fourth-order valence-electron chi connectivity index (χ4n) is 1.07. The van der Waals surface area contributed by atoms with Crippen molar-refractivity contribution in [3.05, 3.63) is 4.91 Å². The molecule has 2 N–H and O–H groups in total. The standard InChI is InChI=1S/C10H18N2O4.C2H6/c1-7(13)4-5-11-9(15)8(14)10(2,3)6-12-16;1-2/h8,14H,4-6H2,1-3H3,(H,11,15);1-2H3/t8-;/m0./s1. The molecule has 0 rings (SSSR count). The molecule has 0 unspecified atom stereocenters. The van der Waals surface area contributed by atoms with Gasteiger partial charge in [-0.2, -0.15) is 4.91 Å². The lowest BCUT2D eigenvalue weighted by Crippen LogP contribution is -2.45. The van der Waals surface area contributed by atoms with Crippen LogP contribution in [0.3, 0.4) is 0 Å². The van der Waals surface area contributed by atoms with E-state index in [4.69, 9.17) is 0 Å². The summed E-state index contributed by atoms with van der Waals surface area (Å²) in [4.78, 5) is 32.2. The molecule has 0 aliphatic rings. The maximum absolute atomic E-state index is 11.4. The quantitative estimate of drug-likeness (QED) is 0.673. The fraction of sp³-hybridized carbons (Fsp3) is 0.833. The molecule has 6 heteroatoms. The second-order valence-electron chi connectivity index (χ2n) is 4.42. The number of aliphatic hydroxyl groups excluding tert-OH is 1. The number of Topliss-reactive ketones (excluding diaryl/α,β-unsaturated/α-hetero) is 1. The van der Waals surface area contributed by atoms with Crippen molar-refractivity contribution in [3.8, 4) is 0 Å². The monoisotopic (exact) mass is 260 g/mol. The van der Waals surface area contributed by atoms with E-state index >= 15 is 0 Å². The van der Waals surface area contributed by atoms with E-state index < -0.39 is 17.4 Å². The van der Waals surface area contributed by atoms with Crippen LogP contribution in [0.4, 0.5) is 0 Å². The summed E-state index contributed by atoms with van der Waals surface area (Å²) in [6.45, 7) is 8.61. The van der Waals surface area contributed by atoms with Gasteiger partial charge in [-0.05, 0) is 6.92 Å². The molecule has 0 saturated heterocycles. The van der Waals surface area contributed by atoms with Gasteiger partial charge in [-0.3, -0.25) is 9.59 Å². The van der Waals surface area contributed by atoms with E-state index in [2.05, 4.69) is 10.5 Å². The number of nitroso groups, excluding NO2 is 1. The second kappa shape index (κ2) is 9.70. The zero-order valence-electron chi connectivity index (χ0n) is 11.8. The summed E-state index contributed by atoms with van der Waals surface area (Å²) >= 11 is 0. The average Bonchev–Trinajstić information content (AvgIpc) is 2.30. The van der Waals surface area contributed by atoms with Crippen LogP contribution in [0.5, 0.6) is 0 Å². The Labute approximate surface area is 108 Å². The number of rotatable bonds is 7. The number of carbonyl (C=O) groups excluding carboxylic acids is 2. The highest BCUT2D eigenvalue weighted by Crippen LogP contribution is 2.21. The third kappa shape index (κ3) is 7.89. The molecule has 0 aromatic heterocycles. The van der Waals surface area contributed by atoms with Gasteiger partial charge in [0.15, 0.2) is 0 Å². The fourth-order valence-corrected chi connectivity index (χ4v) is 1.07. The number of nitrogens with zero attached hydrogens (tertiary/aromatic N) is 1. The summed E-state index contributed by atoms with van der Waals surface area (Å²) in [7, 11) is 0. The molecule has 1 atom stereocenters. The zero-order valence-corrected chi connectivity index (χ0v) is 11.8. The molecule has 0 radical (unpaired) electrons. The van der Waals surface area contributed by atoms with Crippen molar-refractivity contribution in [1.82, 2.24) is 5.32 Å². The van der Waals surface area contributed by atoms with Crippen molar-refractivity contribution >= 4 is 11.7 Å². The Morgan fingerprint density at radius 2 is 1.83 bits per heavy atom. The van der Waals surface area contributed by atoms with Crippen molar-refractivity contribution in [2.75, 3.05) is 13.1 Å². The third-order valence-electron chi connectivity index (χ3n) is 2.24. The number of hydrogen-bond acceptors (Lipinski definition) is 5. The molecular formula is C12H24N2O4. The summed E-state index contributed by atoms with van der Waals surface area (Å²) in [6, 6.07) is 0. The van der Waals surface area contributed by atoms with Crippen molar-refractivity contribution in [2.24, 2.45) is 10.6 Å². The predicted octanol–water partition coefficient (Wildman–Crippen LogP) is 1.26. The van der Waals surface area contributed by atoms with Crippen LogP contribution in [0.25, 0.3) is 0 Å². The molecule has 0 aromatic rings. The van der Waals surface area contributed by atoms with Crippen LogP contribution >= 0.6 is 0 Å². The average molecular weight is 260 g/mol. The molecule has 18 heavy (non-hydrogen) atoms. The van der Waals surface area contributed by atoms with Gasteiger partial charge in [0.2, 0.25) is 5.91 Å². The Hall–Kier alpha value is -1.30. The van der Waals surface area contributed by atoms with Crippen LogP contribution in [0.15, 0.2) is 5.18 Å². The molecule has 106 valence electrons. The lowest BCUT2D eigenvalue weighted by Gasteiger charge is -2.26. The SMILES string of the molecule is CC.CC(=O)CCNC(=O)[C@H](O)C(C)(C)CN=O. The Morgan fingerprint density at radius 3 is 2.22 bits per heavy atom. The Balaban J connectivity index is 0. The molecule has 0 fully saturated rings. The molecule has 6 nitrogen and oxygen atoms in total. The minimum absolute atomic E-state index is 0.0383. The number of ketones is 1. The van der Waals surface area contributed by atoms with E-state index in [1.165, 1.54) is 6.92 Å². The summed E-state index contributed by atoms with van der Waals surface area (Å²) in [6.07, 6.45) is -1.08. The predicted molar refractivity (Wildman–Crippen MR) is 70.1 cm³/mol. The summed E-state index contributed by atoms with van der Waals surface area (Å²) in [5.74, 6) is -0.626. The smallest absolute Gasteiger partial charge is 0.249 e. The normalized spacial score (nSPS) is 11.9. The van der Waals surface area contributed by atoms with Gasteiger partial charge in [-0.15, -0.1) is 0 Å². The minimum atomic E-state index is -1.31. The van der Waals surface area contributed by atoms with Crippen LogP contribution < -0.4 is 5.32 Å². The van der Waals surface area contributed by atoms with Crippen LogP contribution in [0, 0.1) is 10.3 Å². The lowest BCUT2D eigenvalue weighted by molar-refractivity contribution is -0.134. The van der Waals surface area contributed by atoms with Crippen LogP contribution in [-0.4, -0.2) is 36.0 Å². The Bertz CT molecular complexity index is 277. The zero-order chi connectivity index (χ0) is 14.8. The Morgan fingerprint density at radius 1 is 1.33 bits per heavy atom. The van der Waals surface area contributed by atoms with E-state index in [1.54, 1.807) is 13.8 Å². The van der Waals surface area contributed by atoms with Gasteiger partial charge in [0.1, 0.15) is 11.9 Å². The number of aliphatic hydroxyl groups is 1. The van der Waals surface area contributed by atoms with Crippen molar-refractivity contribution in [2.45, 2.75) is 47.1 Å². The van der Waals surface area contributed by atoms with Gasteiger partial charge in [0.25, 0.3) is 0 Å². The van der Waals surface area contributed by atoms with Gasteiger partial charge in [0, 0.05) is 18.4 Å². The maximum atomic E-state index is 11.4. The van der Waals surface area contributed by atoms with Crippen molar-refractivity contribution < 1.29 is 14.7 Å². The van der Waals surface area contributed by atoms with Gasteiger partial charge in [0.05, 0.1) is 6.54 Å². The van der Waals surface area contributed by atoms with E-state index in [0.29, 0.717) is 0 Å². The molecule has 0 bridgehead atoms. The summed E-state index contributed by atoms with van der Waals surface area (Å²) in [5, 5.41) is 14.7. The van der Waals surface area contributed by atoms with E-state index in [-0.39, 0.29) is 25.3 Å². The van der Waals surface area contributed by atoms with Crippen LogP contribution in [0.2, 0.25) is 0 Å². The first-order valence-corrected chi connectivity index (χ1v) is 6.05. The van der Waals surface area contributed by atoms with E-state index in [0.717, 1.165) is 0 Å². The Kier molecular flexibility index (Phi) is 10.3. The molecule has 0 heterocycles. The molecule has 0 aromatic carbocycles. The molecular weight excluding hydrogens is 236 g/mol. The van der Waals surface area contributed by atoms with E-state index in [1.807, 2.05) is 13.8 Å². The molecule has 0 aliphatic heterocycles. The third-order valence-corrected chi connectivity index (χ3v) is 2.24. The second-order valence-corrected chi connectivity index (χ2v) is 4.42. The van der Waals surface area contributed by atoms with Gasteiger partial charge >= 0.3 is 0 Å². The number of hydrogen-bond donors (Lipinski definition) is 2. The number of amides is 1.